The molecule has 1 heterocycles. The lowest BCUT2D eigenvalue weighted by Gasteiger charge is -2.16. The molecular weight excluding hydrogens is 184 g/mol. The molecule has 0 unspecified atom stereocenters. The standard InChI is InChI=1S/C10H14O4/c1-5-7-8(6-9(11)12-4)14-10(2,3)13-7/h1,7-8H,6H2,2-4H3/t7-,8-/m1/s1. The van der Waals surface area contributed by atoms with Crippen LogP contribution in [0.4, 0.5) is 0 Å². The monoisotopic (exact) mass is 198 g/mol. The van der Waals surface area contributed by atoms with E-state index in [2.05, 4.69) is 10.7 Å². The van der Waals surface area contributed by atoms with E-state index in [-0.39, 0.29) is 12.4 Å². The largest absolute Gasteiger partial charge is 0.469 e. The van der Waals surface area contributed by atoms with E-state index < -0.39 is 18.0 Å². The lowest BCUT2D eigenvalue weighted by atomic mass is 10.1. The van der Waals surface area contributed by atoms with Crippen LogP contribution in [0.2, 0.25) is 0 Å². The molecule has 0 aliphatic carbocycles. The average molecular weight is 198 g/mol. The summed E-state index contributed by atoms with van der Waals surface area (Å²) in [6.07, 6.45) is 4.48. The number of carbonyl (C=O) groups is 1. The Hall–Kier alpha value is -1.05. The van der Waals surface area contributed by atoms with Gasteiger partial charge in [-0.15, -0.1) is 6.42 Å². The molecule has 0 radical (unpaired) electrons. The molecule has 0 aromatic rings. The molecule has 4 heteroatoms. The maximum absolute atomic E-state index is 11.0. The van der Waals surface area contributed by atoms with Gasteiger partial charge in [-0.3, -0.25) is 4.79 Å². The second-order valence-corrected chi connectivity index (χ2v) is 3.54. The second kappa shape index (κ2) is 3.99. The number of rotatable bonds is 2. The summed E-state index contributed by atoms with van der Waals surface area (Å²) in [7, 11) is 1.33. The Labute approximate surface area is 83.5 Å². The Balaban J connectivity index is 2.61. The lowest BCUT2D eigenvalue weighted by Crippen LogP contribution is -2.25. The molecule has 0 bridgehead atoms. The summed E-state index contributed by atoms with van der Waals surface area (Å²) in [4.78, 5) is 11.0. The van der Waals surface area contributed by atoms with Crippen molar-refractivity contribution in [2.24, 2.45) is 0 Å². The summed E-state index contributed by atoms with van der Waals surface area (Å²) < 4.78 is 15.4. The Morgan fingerprint density at radius 3 is 2.71 bits per heavy atom. The fourth-order valence-electron chi connectivity index (χ4n) is 1.37. The third-order valence-electron chi connectivity index (χ3n) is 1.94. The van der Waals surface area contributed by atoms with Crippen LogP contribution < -0.4 is 0 Å². The van der Waals surface area contributed by atoms with Crippen LogP contribution >= 0.6 is 0 Å². The smallest absolute Gasteiger partial charge is 0.308 e. The van der Waals surface area contributed by atoms with Crippen molar-refractivity contribution in [3.63, 3.8) is 0 Å². The highest BCUT2D eigenvalue weighted by molar-refractivity contribution is 5.70. The van der Waals surface area contributed by atoms with E-state index in [9.17, 15) is 4.79 Å². The summed E-state index contributed by atoms with van der Waals surface area (Å²) >= 11 is 0. The number of esters is 1. The van der Waals surface area contributed by atoms with Crippen LogP contribution in [0.5, 0.6) is 0 Å². The molecule has 2 atom stereocenters. The minimum atomic E-state index is -0.726. The first-order valence-corrected chi connectivity index (χ1v) is 4.37. The second-order valence-electron chi connectivity index (χ2n) is 3.54. The number of hydrogen-bond donors (Lipinski definition) is 0. The third-order valence-corrected chi connectivity index (χ3v) is 1.94. The van der Waals surface area contributed by atoms with Crippen molar-refractivity contribution in [3.05, 3.63) is 0 Å². The SMILES string of the molecule is C#C[C@H]1OC(C)(C)O[C@@H]1CC(=O)OC. The van der Waals surface area contributed by atoms with Gasteiger partial charge in [-0.05, 0) is 13.8 Å². The molecule has 1 aliphatic heterocycles. The van der Waals surface area contributed by atoms with Gasteiger partial charge in [-0.2, -0.15) is 0 Å². The fourth-order valence-corrected chi connectivity index (χ4v) is 1.37. The molecule has 1 aliphatic rings. The zero-order valence-corrected chi connectivity index (χ0v) is 8.57. The summed E-state index contributed by atoms with van der Waals surface area (Å²) in [5.41, 5.74) is 0. The first-order valence-electron chi connectivity index (χ1n) is 4.37. The Kier molecular flexibility index (Phi) is 3.14. The number of ether oxygens (including phenoxy) is 3. The van der Waals surface area contributed by atoms with E-state index in [1.807, 2.05) is 0 Å². The van der Waals surface area contributed by atoms with E-state index in [0.29, 0.717) is 0 Å². The Morgan fingerprint density at radius 1 is 1.57 bits per heavy atom. The van der Waals surface area contributed by atoms with E-state index >= 15 is 0 Å². The molecule has 0 aromatic carbocycles. The van der Waals surface area contributed by atoms with Crippen molar-refractivity contribution in [1.82, 2.24) is 0 Å². The van der Waals surface area contributed by atoms with Crippen LogP contribution in [0.15, 0.2) is 0 Å². The van der Waals surface area contributed by atoms with Gasteiger partial charge in [0.1, 0.15) is 12.2 Å². The highest BCUT2D eigenvalue weighted by atomic mass is 16.8. The van der Waals surface area contributed by atoms with Crippen molar-refractivity contribution in [3.8, 4) is 12.3 Å². The van der Waals surface area contributed by atoms with Crippen LogP contribution in [-0.4, -0.2) is 31.1 Å². The number of hydrogen-bond acceptors (Lipinski definition) is 4. The van der Waals surface area contributed by atoms with Crippen molar-refractivity contribution < 1.29 is 19.0 Å². The molecule has 1 saturated heterocycles. The van der Waals surface area contributed by atoms with Crippen molar-refractivity contribution in [2.45, 2.75) is 38.3 Å². The first-order chi connectivity index (χ1) is 6.48. The van der Waals surface area contributed by atoms with Crippen LogP contribution in [-0.2, 0) is 19.0 Å². The average Bonchev–Trinajstić information content (AvgIpc) is 2.40. The number of methoxy groups -OCH3 is 1. The van der Waals surface area contributed by atoms with Crippen LogP contribution in [0.3, 0.4) is 0 Å². The highest BCUT2D eigenvalue weighted by Crippen LogP contribution is 2.29. The third kappa shape index (κ3) is 2.47. The highest BCUT2D eigenvalue weighted by Gasteiger charge is 2.41. The van der Waals surface area contributed by atoms with E-state index in [0.717, 1.165) is 0 Å². The lowest BCUT2D eigenvalue weighted by molar-refractivity contribution is -0.153. The summed E-state index contributed by atoms with van der Waals surface area (Å²) in [5.74, 6) is 1.37. The molecule has 0 amide bonds. The van der Waals surface area contributed by atoms with E-state index in [4.69, 9.17) is 15.9 Å². The van der Waals surface area contributed by atoms with Gasteiger partial charge in [0.05, 0.1) is 13.5 Å². The van der Waals surface area contributed by atoms with Gasteiger partial charge in [0.25, 0.3) is 0 Å². The molecular formula is C10H14O4. The number of carbonyl (C=O) groups excluding carboxylic acids is 1. The van der Waals surface area contributed by atoms with Crippen LogP contribution in [0.1, 0.15) is 20.3 Å². The minimum absolute atomic E-state index is 0.120. The molecule has 4 nitrogen and oxygen atoms in total. The van der Waals surface area contributed by atoms with Crippen molar-refractivity contribution in [2.75, 3.05) is 7.11 Å². The quantitative estimate of drug-likeness (QED) is 0.484. The molecule has 1 fully saturated rings. The zero-order chi connectivity index (χ0) is 10.8. The summed E-state index contributed by atoms with van der Waals surface area (Å²) in [6.45, 7) is 3.52. The van der Waals surface area contributed by atoms with Gasteiger partial charge in [0, 0.05) is 0 Å². The van der Waals surface area contributed by atoms with Crippen molar-refractivity contribution >= 4 is 5.97 Å². The maximum Gasteiger partial charge on any atom is 0.308 e. The minimum Gasteiger partial charge on any atom is -0.469 e. The van der Waals surface area contributed by atoms with Gasteiger partial charge in [0.15, 0.2) is 5.79 Å². The molecule has 0 aromatic heterocycles. The fraction of sp³-hybridized carbons (Fsp3) is 0.700. The predicted octanol–water partition coefficient (Wildman–Crippen LogP) is 0.703. The summed E-state index contributed by atoms with van der Waals surface area (Å²) in [5, 5.41) is 0. The van der Waals surface area contributed by atoms with Gasteiger partial charge < -0.3 is 14.2 Å². The van der Waals surface area contributed by atoms with E-state index in [1.54, 1.807) is 13.8 Å². The molecule has 1 rings (SSSR count). The zero-order valence-electron chi connectivity index (χ0n) is 8.57. The molecule has 0 saturated carbocycles. The van der Waals surface area contributed by atoms with Gasteiger partial charge in [-0.25, -0.2) is 0 Å². The van der Waals surface area contributed by atoms with E-state index in [1.165, 1.54) is 7.11 Å². The molecule has 14 heavy (non-hydrogen) atoms. The van der Waals surface area contributed by atoms with Crippen molar-refractivity contribution in [1.29, 1.82) is 0 Å². The van der Waals surface area contributed by atoms with Gasteiger partial charge in [0.2, 0.25) is 0 Å². The Bertz CT molecular complexity index is 264. The maximum atomic E-state index is 11.0. The summed E-state index contributed by atoms with van der Waals surface area (Å²) in [6, 6.07) is 0. The predicted molar refractivity (Wildman–Crippen MR) is 49.3 cm³/mol. The Morgan fingerprint density at radius 2 is 2.21 bits per heavy atom. The first kappa shape index (κ1) is 11.0. The van der Waals surface area contributed by atoms with Crippen LogP contribution in [0.25, 0.3) is 0 Å². The molecule has 0 spiro atoms. The number of terminal acetylenes is 1. The van der Waals surface area contributed by atoms with Crippen LogP contribution in [0, 0.1) is 12.3 Å². The van der Waals surface area contributed by atoms with Gasteiger partial charge >= 0.3 is 5.97 Å². The van der Waals surface area contributed by atoms with Gasteiger partial charge in [-0.1, -0.05) is 5.92 Å². The topological polar surface area (TPSA) is 44.8 Å². The normalized spacial score (nSPS) is 29.6. The molecule has 78 valence electrons. The molecule has 0 N–H and O–H groups in total.